The molecule has 0 N–H and O–H groups in total. The van der Waals surface area contributed by atoms with Crippen LogP contribution in [0.4, 0.5) is 0 Å². The van der Waals surface area contributed by atoms with Crippen LogP contribution in [-0.2, 0) is 46.3 Å². The van der Waals surface area contributed by atoms with Gasteiger partial charge in [-0.25, -0.2) is 0 Å². The minimum atomic E-state index is 0. The first-order chi connectivity index (χ1) is 2.00. The van der Waals surface area contributed by atoms with E-state index in [2.05, 4.69) is 25.3 Å². The van der Waals surface area contributed by atoms with E-state index in [1.165, 1.54) is 0 Å². The van der Waals surface area contributed by atoms with Crippen molar-refractivity contribution in [2.24, 2.45) is 0 Å². The van der Waals surface area contributed by atoms with Crippen molar-refractivity contribution in [2.45, 2.75) is 0 Å². The Labute approximate surface area is 73.5 Å². The van der Waals surface area contributed by atoms with E-state index in [-0.39, 0.29) is 35.9 Å². The largest absolute Gasteiger partial charge is 4.00 e. The van der Waals surface area contributed by atoms with E-state index in [9.17, 15) is 0 Å². The summed E-state index contributed by atoms with van der Waals surface area (Å²) in [6.45, 7) is 0. The van der Waals surface area contributed by atoms with Gasteiger partial charge in [0.25, 0.3) is 0 Å². The summed E-state index contributed by atoms with van der Waals surface area (Å²) in [4.78, 5) is 0. The molecule has 0 rings (SSSR count). The van der Waals surface area contributed by atoms with Crippen LogP contribution in [0.5, 0.6) is 0 Å². The van der Waals surface area contributed by atoms with Crippen LogP contribution in [0.25, 0.3) is 0 Å². The molecule has 50 valence electrons. The standard InChI is InChI=1S/2CH4S.2CH3.Pt/c2*1-2;;;/h2*2H,1H3;2*1H3;/q;;2*-1;+4/p-2. The monoisotopic (exact) mass is 319 g/mol. The predicted molar refractivity (Wildman–Crippen MR) is 39.4 cm³/mol. The first kappa shape index (κ1) is 39.9. The van der Waals surface area contributed by atoms with Crippen molar-refractivity contribution in [3.05, 3.63) is 14.9 Å². The maximum absolute atomic E-state index is 4.08. The molecule has 0 nitrogen and oxygen atoms in total. The van der Waals surface area contributed by atoms with Gasteiger partial charge in [-0.2, -0.15) is 12.5 Å². The Morgan fingerprint density at radius 3 is 0.714 bits per heavy atom. The minimum absolute atomic E-state index is 0. The second-order valence-corrected chi connectivity index (χ2v) is 0. The van der Waals surface area contributed by atoms with Crippen LogP contribution in [0.3, 0.4) is 0 Å². The Morgan fingerprint density at radius 1 is 0.714 bits per heavy atom. The Balaban J connectivity index is -0.00000000267. The minimum Gasteiger partial charge on any atom is -0.796 e. The molecule has 0 spiro atoms. The first-order valence-corrected chi connectivity index (χ1v) is 2.45. The summed E-state index contributed by atoms with van der Waals surface area (Å²) in [6, 6.07) is 0. The third-order valence-corrected chi connectivity index (χ3v) is 0. The topological polar surface area (TPSA) is 0 Å². The Hall–Kier alpha value is 1.39. The predicted octanol–water partition coefficient (Wildman–Crippen LogP) is 1.22. The zero-order valence-electron chi connectivity index (χ0n) is 5.13. The zero-order valence-corrected chi connectivity index (χ0v) is 9.04. The van der Waals surface area contributed by atoms with Crippen LogP contribution in [0.1, 0.15) is 0 Å². The molecule has 0 aromatic carbocycles. The average Bonchev–Trinajstić information content (AvgIpc) is 1.50. The molecule has 0 bridgehead atoms. The van der Waals surface area contributed by atoms with Crippen LogP contribution in [0.2, 0.25) is 0 Å². The van der Waals surface area contributed by atoms with Crippen molar-refractivity contribution in [1.29, 1.82) is 0 Å². The summed E-state index contributed by atoms with van der Waals surface area (Å²) in [7, 11) is 0. The summed E-state index contributed by atoms with van der Waals surface area (Å²) >= 11 is 8.17. The molecule has 0 saturated heterocycles. The van der Waals surface area contributed by atoms with Crippen molar-refractivity contribution in [1.82, 2.24) is 0 Å². The van der Waals surface area contributed by atoms with Crippen molar-refractivity contribution in [3.63, 3.8) is 0 Å². The van der Waals surface area contributed by atoms with Gasteiger partial charge in [0.1, 0.15) is 0 Å². The van der Waals surface area contributed by atoms with E-state index >= 15 is 0 Å². The normalized spacial score (nSPS) is 1.71. The van der Waals surface area contributed by atoms with E-state index in [1.807, 2.05) is 0 Å². The summed E-state index contributed by atoms with van der Waals surface area (Å²) in [5.41, 5.74) is 0. The van der Waals surface area contributed by atoms with Crippen molar-refractivity contribution < 1.29 is 21.1 Å². The first-order valence-electron chi connectivity index (χ1n) is 0.816. The molecule has 7 heavy (non-hydrogen) atoms. The van der Waals surface area contributed by atoms with Crippen LogP contribution in [0.15, 0.2) is 0 Å². The quantitative estimate of drug-likeness (QED) is 0.486. The zero-order chi connectivity index (χ0) is 4.00. The third kappa shape index (κ3) is 111. The molecule has 0 fully saturated rings. The molecule has 0 aromatic rings. The van der Waals surface area contributed by atoms with E-state index in [0.717, 1.165) is 0 Å². The third-order valence-electron chi connectivity index (χ3n) is 0. The van der Waals surface area contributed by atoms with Gasteiger partial charge in [-0.15, -0.1) is 0 Å². The number of hydrogen-bond acceptors (Lipinski definition) is 2. The van der Waals surface area contributed by atoms with Crippen LogP contribution in [0, 0.1) is 14.9 Å². The molecule has 0 radical (unpaired) electrons. The summed E-state index contributed by atoms with van der Waals surface area (Å²) in [5, 5.41) is 0. The number of hydrogen-bond donors (Lipinski definition) is 0. The fourth-order valence-electron chi connectivity index (χ4n) is 0. The van der Waals surface area contributed by atoms with Gasteiger partial charge in [0.05, 0.1) is 0 Å². The van der Waals surface area contributed by atoms with Crippen LogP contribution in [-0.4, -0.2) is 12.5 Å². The van der Waals surface area contributed by atoms with Gasteiger partial charge < -0.3 is 40.1 Å². The molecule has 0 unspecified atom stereocenters. The van der Waals surface area contributed by atoms with Crippen LogP contribution >= 0.6 is 0 Å². The van der Waals surface area contributed by atoms with E-state index < -0.39 is 0 Å². The van der Waals surface area contributed by atoms with Gasteiger partial charge >= 0.3 is 21.1 Å². The second-order valence-electron chi connectivity index (χ2n) is 0. The Kier molecular flexibility index (Phi) is 891. The summed E-state index contributed by atoms with van der Waals surface area (Å²) in [6.07, 6.45) is 3.17. The molecule has 0 aliphatic heterocycles. The number of rotatable bonds is 0. The second kappa shape index (κ2) is 156. The average molecular weight is 319 g/mol. The molecular formula is C4H12PtS2. The van der Waals surface area contributed by atoms with Crippen molar-refractivity contribution >= 4 is 25.3 Å². The van der Waals surface area contributed by atoms with Gasteiger partial charge in [-0.1, -0.05) is 0 Å². The summed E-state index contributed by atoms with van der Waals surface area (Å²) < 4.78 is 0. The van der Waals surface area contributed by atoms with Gasteiger partial charge in [-0.05, 0) is 0 Å². The van der Waals surface area contributed by atoms with Gasteiger partial charge in [0, 0.05) is 0 Å². The molecule has 0 atom stereocenters. The summed E-state index contributed by atoms with van der Waals surface area (Å²) in [5.74, 6) is 0. The molecule has 0 amide bonds. The molecule has 0 aliphatic rings. The Bertz CT molecular complexity index is 9.65. The smallest absolute Gasteiger partial charge is 0.796 e. The molecule has 0 saturated carbocycles. The van der Waals surface area contributed by atoms with Crippen LogP contribution < -0.4 is 0 Å². The molecule has 0 heterocycles. The van der Waals surface area contributed by atoms with Gasteiger partial charge in [0.15, 0.2) is 0 Å². The van der Waals surface area contributed by atoms with Gasteiger partial charge in [0.2, 0.25) is 0 Å². The van der Waals surface area contributed by atoms with Crippen molar-refractivity contribution in [3.8, 4) is 0 Å². The van der Waals surface area contributed by atoms with Crippen molar-refractivity contribution in [2.75, 3.05) is 12.5 Å². The maximum atomic E-state index is 4.08. The maximum Gasteiger partial charge on any atom is 4.00 e. The molecule has 0 aromatic heterocycles. The molecular weight excluding hydrogens is 307 g/mol. The Morgan fingerprint density at radius 2 is 0.714 bits per heavy atom. The van der Waals surface area contributed by atoms with Gasteiger partial charge in [-0.3, -0.25) is 0 Å². The fourth-order valence-corrected chi connectivity index (χ4v) is 0. The SMILES string of the molecule is C[S-].C[S-].[CH3-].[CH3-].[Pt+4]. The van der Waals surface area contributed by atoms with E-state index in [0.29, 0.717) is 0 Å². The fraction of sp³-hybridized carbons (Fsp3) is 0.500. The molecule has 3 heteroatoms. The van der Waals surface area contributed by atoms with E-state index in [4.69, 9.17) is 0 Å². The molecule has 0 aliphatic carbocycles. The van der Waals surface area contributed by atoms with E-state index in [1.54, 1.807) is 12.5 Å².